The third-order valence-corrected chi connectivity index (χ3v) is 6.42. The molecule has 0 aromatic heterocycles. The summed E-state index contributed by atoms with van der Waals surface area (Å²) < 4.78 is 11.1. The first-order valence-corrected chi connectivity index (χ1v) is 15.0. The van der Waals surface area contributed by atoms with Crippen molar-refractivity contribution in [2.75, 3.05) is 0 Å². The van der Waals surface area contributed by atoms with Crippen LogP contribution >= 0.6 is 0 Å². The van der Waals surface area contributed by atoms with Gasteiger partial charge in [-0.1, -0.05) is 56.3 Å². The summed E-state index contributed by atoms with van der Waals surface area (Å²) in [6.45, 7) is 17.4. The van der Waals surface area contributed by atoms with Gasteiger partial charge in [-0.15, -0.1) is 0 Å². The van der Waals surface area contributed by atoms with Crippen molar-refractivity contribution in [1.82, 2.24) is 15.5 Å². The van der Waals surface area contributed by atoms with E-state index in [9.17, 15) is 24.3 Å². The molecule has 0 heterocycles. The fourth-order valence-electron chi connectivity index (χ4n) is 4.59. The highest BCUT2D eigenvalue weighted by Gasteiger charge is 2.40. The summed E-state index contributed by atoms with van der Waals surface area (Å²) in [4.78, 5) is 56.0. The van der Waals surface area contributed by atoms with Gasteiger partial charge in [-0.2, -0.15) is 0 Å². The predicted molar refractivity (Wildman–Crippen MR) is 169 cm³/mol. The first kappa shape index (κ1) is 36.1. The molecular formula is C34H49N3O7. The molecule has 0 radical (unpaired) electrons. The number of nitrogens with zero attached hydrogens (tertiary/aromatic N) is 1. The number of nitrogens with one attached hydrogen (secondary N) is 2. The Kier molecular flexibility index (Phi) is 12.4. The Morgan fingerprint density at radius 2 is 1.41 bits per heavy atom. The number of carbonyl (C=O) groups excluding carboxylic acids is 4. The molecule has 3 unspecified atom stereocenters. The molecule has 0 aliphatic rings. The number of amides is 3. The SMILES string of the molecule is CC(C)C(NC(=O)OC(C)(C)C)C(=O)N(C(C)C)C(C(=O)NC(Cc1ccccc1)C(=O)OC(C)(C)C)c1cccc(O)c1. The van der Waals surface area contributed by atoms with E-state index in [0.717, 1.165) is 5.56 Å². The second kappa shape index (κ2) is 15.1. The summed E-state index contributed by atoms with van der Waals surface area (Å²) in [7, 11) is 0. The van der Waals surface area contributed by atoms with Crippen LogP contribution in [-0.4, -0.2) is 63.2 Å². The summed E-state index contributed by atoms with van der Waals surface area (Å²) in [5.74, 6) is -2.27. The van der Waals surface area contributed by atoms with E-state index in [1.165, 1.54) is 17.0 Å². The normalized spacial score (nSPS) is 13.9. The van der Waals surface area contributed by atoms with E-state index in [1.54, 1.807) is 81.4 Å². The Morgan fingerprint density at radius 1 is 0.818 bits per heavy atom. The number of aromatic hydroxyl groups is 1. The summed E-state index contributed by atoms with van der Waals surface area (Å²) in [6.07, 6.45) is -0.613. The van der Waals surface area contributed by atoms with E-state index < -0.39 is 59.2 Å². The summed E-state index contributed by atoms with van der Waals surface area (Å²) in [5, 5.41) is 15.8. The van der Waals surface area contributed by atoms with Gasteiger partial charge in [0.2, 0.25) is 11.8 Å². The molecule has 0 saturated heterocycles. The maximum absolute atomic E-state index is 14.3. The van der Waals surface area contributed by atoms with Crippen LogP contribution in [0.25, 0.3) is 0 Å². The van der Waals surface area contributed by atoms with Crippen LogP contribution in [0.2, 0.25) is 0 Å². The van der Waals surface area contributed by atoms with E-state index in [4.69, 9.17) is 9.47 Å². The van der Waals surface area contributed by atoms with Crippen LogP contribution in [-0.2, 0) is 30.3 Å². The topological polar surface area (TPSA) is 134 Å². The Balaban J connectivity index is 2.58. The van der Waals surface area contributed by atoms with Crippen LogP contribution in [0.1, 0.15) is 86.4 Å². The molecule has 2 aromatic carbocycles. The molecule has 0 spiro atoms. The first-order chi connectivity index (χ1) is 20.3. The Hall–Kier alpha value is -4.08. The molecule has 0 fully saturated rings. The number of alkyl carbamates (subject to hydrolysis) is 1. The van der Waals surface area contributed by atoms with E-state index in [2.05, 4.69) is 10.6 Å². The number of hydrogen-bond donors (Lipinski definition) is 3. The van der Waals surface area contributed by atoms with Gasteiger partial charge >= 0.3 is 12.1 Å². The fourth-order valence-corrected chi connectivity index (χ4v) is 4.59. The van der Waals surface area contributed by atoms with Gasteiger partial charge in [-0.25, -0.2) is 9.59 Å². The van der Waals surface area contributed by atoms with Crippen LogP contribution in [0, 0.1) is 5.92 Å². The van der Waals surface area contributed by atoms with E-state index in [-0.39, 0.29) is 18.1 Å². The molecule has 44 heavy (non-hydrogen) atoms. The second-order valence-electron chi connectivity index (χ2n) is 13.5. The molecular weight excluding hydrogens is 562 g/mol. The van der Waals surface area contributed by atoms with Crippen LogP contribution in [0.4, 0.5) is 4.79 Å². The van der Waals surface area contributed by atoms with Crippen molar-refractivity contribution in [3.63, 3.8) is 0 Å². The zero-order valence-corrected chi connectivity index (χ0v) is 27.6. The number of ether oxygens (including phenoxy) is 2. The van der Waals surface area contributed by atoms with Crippen LogP contribution in [0.3, 0.4) is 0 Å². The number of carbonyl (C=O) groups is 4. The molecule has 0 bridgehead atoms. The minimum atomic E-state index is -1.27. The lowest BCUT2D eigenvalue weighted by molar-refractivity contribution is -0.159. The van der Waals surface area contributed by atoms with Crippen molar-refractivity contribution in [2.45, 2.75) is 111 Å². The number of esters is 1. The van der Waals surface area contributed by atoms with E-state index in [1.807, 2.05) is 30.3 Å². The maximum Gasteiger partial charge on any atom is 0.408 e. The van der Waals surface area contributed by atoms with Crippen molar-refractivity contribution in [3.05, 3.63) is 65.7 Å². The molecule has 242 valence electrons. The molecule has 0 aliphatic carbocycles. The summed E-state index contributed by atoms with van der Waals surface area (Å²) in [6, 6.07) is 11.4. The van der Waals surface area contributed by atoms with Crippen LogP contribution in [0.15, 0.2) is 54.6 Å². The van der Waals surface area contributed by atoms with Gasteiger partial charge in [0.1, 0.15) is 35.1 Å². The molecule has 3 amide bonds. The highest BCUT2D eigenvalue weighted by molar-refractivity contribution is 5.94. The lowest BCUT2D eigenvalue weighted by atomic mass is 9.96. The zero-order valence-electron chi connectivity index (χ0n) is 27.6. The Bertz CT molecular complexity index is 1280. The third kappa shape index (κ3) is 11.2. The van der Waals surface area contributed by atoms with Gasteiger partial charge < -0.3 is 30.1 Å². The van der Waals surface area contributed by atoms with Crippen molar-refractivity contribution < 1.29 is 33.8 Å². The molecule has 0 aliphatic heterocycles. The van der Waals surface area contributed by atoms with Gasteiger partial charge in [-0.3, -0.25) is 9.59 Å². The molecule has 3 N–H and O–H groups in total. The van der Waals surface area contributed by atoms with Crippen molar-refractivity contribution in [3.8, 4) is 5.75 Å². The van der Waals surface area contributed by atoms with E-state index >= 15 is 0 Å². The predicted octanol–water partition coefficient (Wildman–Crippen LogP) is 5.29. The molecule has 0 saturated carbocycles. The molecule has 2 rings (SSSR count). The van der Waals surface area contributed by atoms with Gasteiger partial charge in [0.15, 0.2) is 0 Å². The monoisotopic (exact) mass is 611 g/mol. The highest BCUT2D eigenvalue weighted by atomic mass is 16.6. The van der Waals surface area contributed by atoms with Gasteiger partial charge in [0.05, 0.1) is 0 Å². The molecule has 10 heteroatoms. The lowest BCUT2D eigenvalue weighted by Gasteiger charge is -2.38. The van der Waals surface area contributed by atoms with Crippen molar-refractivity contribution in [1.29, 1.82) is 0 Å². The smallest absolute Gasteiger partial charge is 0.408 e. The van der Waals surface area contributed by atoms with Crippen LogP contribution < -0.4 is 10.6 Å². The zero-order chi connectivity index (χ0) is 33.4. The molecule has 10 nitrogen and oxygen atoms in total. The molecule has 2 aromatic rings. The van der Waals surface area contributed by atoms with Gasteiger partial charge in [0.25, 0.3) is 0 Å². The molecule has 3 atom stereocenters. The summed E-state index contributed by atoms with van der Waals surface area (Å²) >= 11 is 0. The van der Waals surface area contributed by atoms with Gasteiger partial charge in [-0.05, 0) is 84.6 Å². The number of hydrogen-bond acceptors (Lipinski definition) is 7. The maximum atomic E-state index is 14.3. The third-order valence-electron chi connectivity index (χ3n) is 6.42. The highest BCUT2D eigenvalue weighted by Crippen LogP contribution is 2.29. The Morgan fingerprint density at radius 3 is 1.91 bits per heavy atom. The average Bonchev–Trinajstić information content (AvgIpc) is 2.87. The minimum absolute atomic E-state index is 0.100. The fraction of sp³-hybridized carbons (Fsp3) is 0.529. The second-order valence-corrected chi connectivity index (χ2v) is 13.5. The summed E-state index contributed by atoms with van der Waals surface area (Å²) in [5.41, 5.74) is -0.465. The number of phenolic OH excluding ortho intramolecular Hbond substituents is 1. The van der Waals surface area contributed by atoms with Crippen LogP contribution in [0.5, 0.6) is 5.75 Å². The minimum Gasteiger partial charge on any atom is -0.508 e. The van der Waals surface area contributed by atoms with E-state index in [0.29, 0.717) is 5.56 Å². The number of phenols is 1. The first-order valence-electron chi connectivity index (χ1n) is 15.0. The number of rotatable bonds is 11. The van der Waals surface area contributed by atoms with Gasteiger partial charge in [0, 0.05) is 12.5 Å². The Labute approximate surface area is 261 Å². The van der Waals surface area contributed by atoms with Crippen molar-refractivity contribution >= 4 is 23.9 Å². The number of benzene rings is 2. The van der Waals surface area contributed by atoms with Crippen molar-refractivity contribution in [2.24, 2.45) is 5.92 Å². The standard InChI is InChI=1S/C34H49N3O7/c1-21(2)27(36-32(42)44-34(8,9)10)30(40)37(22(3)4)28(24-17-14-18-25(38)20-24)29(39)35-26(31(41)43-33(5,6)7)19-23-15-12-11-13-16-23/h11-18,20-22,26-28,38H,19H2,1-10H3,(H,35,39)(H,36,42). The quantitative estimate of drug-likeness (QED) is 0.294. The largest absolute Gasteiger partial charge is 0.508 e. The average molecular weight is 612 g/mol. The lowest BCUT2D eigenvalue weighted by Crippen LogP contribution is -2.57.